The lowest BCUT2D eigenvalue weighted by atomic mass is 10.1. The molecule has 1 amide bonds. The minimum absolute atomic E-state index is 0.0539. The highest BCUT2D eigenvalue weighted by Gasteiger charge is 2.13. The Morgan fingerprint density at radius 2 is 2.00 bits per heavy atom. The van der Waals surface area contributed by atoms with Crippen molar-refractivity contribution in [2.24, 2.45) is 5.73 Å². The van der Waals surface area contributed by atoms with E-state index < -0.39 is 0 Å². The van der Waals surface area contributed by atoms with Crippen LogP contribution in [-0.2, 0) is 17.8 Å². The third-order valence-electron chi connectivity index (χ3n) is 4.99. The molecule has 8 nitrogen and oxygen atoms in total. The second-order valence-corrected chi connectivity index (χ2v) is 7.35. The molecule has 8 heteroatoms. The molecule has 2 aromatic rings. The van der Waals surface area contributed by atoms with Crippen molar-refractivity contribution >= 4 is 11.7 Å². The third-order valence-corrected chi connectivity index (χ3v) is 4.99. The molecule has 3 rings (SSSR count). The zero-order valence-electron chi connectivity index (χ0n) is 17.4. The Morgan fingerprint density at radius 1 is 1.23 bits per heavy atom. The van der Waals surface area contributed by atoms with Gasteiger partial charge in [0.15, 0.2) is 5.82 Å². The average Bonchev–Trinajstić information content (AvgIpc) is 2.74. The van der Waals surface area contributed by atoms with Gasteiger partial charge < -0.3 is 21.3 Å². The molecule has 0 radical (unpaired) electrons. The number of aryl methyl sites for hydroxylation is 1. The Labute approximate surface area is 176 Å². The summed E-state index contributed by atoms with van der Waals surface area (Å²) in [5, 5.41) is 5.96. The maximum Gasteiger partial charge on any atom is 0.293 e. The smallest absolute Gasteiger partial charge is 0.293 e. The molecular formula is C22H28N6O2. The second kappa shape index (κ2) is 9.78. The average molecular weight is 409 g/mol. The van der Waals surface area contributed by atoms with Crippen LogP contribution in [0.5, 0.6) is 0 Å². The van der Waals surface area contributed by atoms with Gasteiger partial charge in [-0.3, -0.25) is 14.2 Å². The number of hydrogen-bond donors (Lipinski definition) is 3. The molecule has 1 aliphatic heterocycles. The predicted octanol–water partition coefficient (Wildman–Crippen LogP) is 0.994. The lowest BCUT2D eigenvalue weighted by Crippen LogP contribution is -2.37. The van der Waals surface area contributed by atoms with E-state index in [4.69, 9.17) is 5.73 Å². The highest BCUT2D eigenvalue weighted by atomic mass is 16.2. The van der Waals surface area contributed by atoms with Gasteiger partial charge >= 0.3 is 0 Å². The van der Waals surface area contributed by atoms with E-state index in [1.165, 1.54) is 10.1 Å². The fourth-order valence-electron chi connectivity index (χ4n) is 3.16. The van der Waals surface area contributed by atoms with E-state index >= 15 is 0 Å². The molecule has 0 aliphatic carbocycles. The van der Waals surface area contributed by atoms with Gasteiger partial charge in [0.05, 0.1) is 5.82 Å². The van der Waals surface area contributed by atoms with Crippen LogP contribution in [0.3, 0.4) is 0 Å². The van der Waals surface area contributed by atoms with Crippen molar-refractivity contribution in [3.63, 3.8) is 0 Å². The van der Waals surface area contributed by atoms with Crippen molar-refractivity contribution in [2.45, 2.75) is 19.9 Å². The molecule has 0 unspecified atom stereocenters. The number of anilines is 1. The zero-order valence-corrected chi connectivity index (χ0v) is 17.4. The SMILES string of the molecule is Cc1cnc(NCCc2ccccc2)c(=O)n1CC(=O)NCC1=CC=C(N)N(C)C1. The van der Waals surface area contributed by atoms with Crippen molar-refractivity contribution in [2.75, 3.05) is 32.0 Å². The normalized spacial score (nSPS) is 13.5. The Balaban J connectivity index is 1.58. The maximum atomic E-state index is 12.8. The molecule has 1 aliphatic rings. The fraction of sp³-hybridized carbons (Fsp3) is 0.318. The van der Waals surface area contributed by atoms with E-state index in [-0.39, 0.29) is 23.8 Å². The zero-order chi connectivity index (χ0) is 21.5. The highest BCUT2D eigenvalue weighted by Crippen LogP contribution is 2.08. The molecule has 0 spiro atoms. The van der Waals surface area contributed by atoms with E-state index in [1.54, 1.807) is 13.1 Å². The molecule has 2 heterocycles. The lowest BCUT2D eigenvalue weighted by molar-refractivity contribution is -0.121. The topological polar surface area (TPSA) is 105 Å². The van der Waals surface area contributed by atoms with Crippen LogP contribution < -0.4 is 21.9 Å². The Kier molecular flexibility index (Phi) is 6.90. The van der Waals surface area contributed by atoms with Crippen molar-refractivity contribution < 1.29 is 4.79 Å². The monoisotopic (exact) mass is 408 g/mol. The molecule has 4 N–H and O–H groups in total. The first-order valence-corrected chi connectivity index (χ1v) is 9.91. The van der Waals surface area contributed by atoms with Gasteiger partial charge in [-0.25, -0.2) is 4.98 Å². The molecule has 30 heavy (non-hydrogen) atoms. The van der Waals surface area contributed by atoms with Crippen LogP contribution in [0, 0.1) is 6.92 Å². The molecular weight excluding hydrogens is 380 g/mol. The first-order chi connectivity index (χ1) is 14.4. The van der Waals surface area contributed by atoms with Gasteiger partial charge in [0, 0.05) is 38.6 Å². The standard InChI is InChI=1S/C22H28N6O2/c1-16-12-26-21(24-11-10-17-6-4-3-5-7-17)22(30)28(16)15-20(29)25-13-18-8-9-19(23)27(2)14-18/h3-9,12H,10-11,13-15,23H2,1-2H3,(H,24,26)(H,25,29). The molecule has 0 saturated carbocycles. The second-order valence-electron chi connectivity index (χ2n) is 7.35. The molecule has 0 saturated heterocycles. The minimum Gasteiger partial charge on any atom is -0.385 e. The van der Waals surface area contributed by atoms with Gasteiger partial charge in [-0.2, -0.15) is 0 Å². The fourth-order valence-corrected chi connectivity index (χ4v) is 3.16. The first kappa shape index (κ1) is 21.2. The number of carbonyl (C=O) groups excluding carboxylic acids is 1. The van der Waals surface area contributed by atoms with E-state index in [2.05, 4.69) is 15.6 Å². The number of rotatable bonds is 8. The quantitative estimate of drug-likeness (QED) is 0.602. The van der Waals surface area contributed by atoms with Gasteiger partial charge in [0.2, 0.25) is 5.91 Å². The van der Waals surface area contributed by atoms with Crippen molar-refractivity contribution in [3.8, 4) is 0 Å². The number of nitrogens with zero attached hydrogens (tertiary/aromatic N) is 3. The number of carbonyl (C=O) groups is 1. The number of allylic oxidation sites excluding steroid dienone is 2. The van der Waals surface area contributed by atoms with Crippen LogP contribution in [0.1, 0.15) is 11.3 Å². The van der Waals surface area contributed by atoms with E-state index in [9.17, 15) is 9.59 Å². The van der Waals surface area contributed by atoms with E-state index in [1.807, 2.05) is 54.4 Å². The largest absolute Gasteiger partial charge is 0.385 e. The van der Waals surface area contributed by atoms with Gasteiger partial charge in [0.25, 0.3) is 5.56 Å². The molecule has 0 bridgehead atoms. The summed E-state index contributed by atoms with van der Waals surface area (Å²) in [5.74, 6) is 0.714. The van der Waals surface area contributed by atoms with E-state index in [0.29, 0.717) is 31.1 Å². The summed E-state index contributed by atoms with van der Waals surface area (Å²) in [6.45, 7) is 3.36. The summed E-state index contributed by atoms with van der Waals surface area (Å²) in [4.78, 5) is 31.3. The number of benzene rings is 1. The summed E-state index contributed by atoms with van der Waals surface area (Å²) in [6, 6.07) is 10.0. The molecule has 0 atom stereocenters. The molecule has 1 aromatic carbocycles. The molecule has 1 aromatic heterocycles. The first-order valence-electron chi connectivity index (χ1n) is 9.91. The van der Waals surface area contributed by atoms with Crippen LogP contribution >= 0.6 is 0 Å². The van der Waals surface area contributed by atoms with Gasteiger partial charge in [-0.15, -0.1) is 0 Å². The Hall–Kier alpha value is -3.55. The predicted molar refractivity (Wildman–Crippen MR) is 118 cm³/mol. The number of likely N-dealkylation sites (N-methyl/N-ethyl adjacent to an activating group) is 1. The highest BCUT2D eigenvalue weighted by molar-refractivity contribution is 5.76. The minimum atomic E-state index is -0.300. The van der Waals surface area contributed by atoms with Crippen LogP contribution in [0.4, 0.5) is 5.82 Å². The molecule has 158 valence electrons. The van der Waals surface area contributed by atoms with Crippen molar-refractivity contribution in [1.29, 1.82) is 0 Å². The van der Waals surface area contributed by atoms with E-state index in [0.717, 1.165) is 12.0 Å². The number of hydrogen-bond acceptors (Lipinski definition) is 6. The maximum absolute atomic E-state index is 12.8. The number of amides is 1. The summed E-state index contributed by atoms with van der Waals surface area (Å²) < 4.78 is 1.44. The summed E-state index contributed by atoms with van der Waals surface area (Å²) in [7, 11) is 1.90. The Morgan fingerprint density at radius 3 is 2.73 bits per heavy atom. The summed E-state index contributed by atoms with van der Waals surface area (Å²) >= 11 is 0. The van der Waals surface area contributed by atoms with Gasteiger partial charge in [-0.1, -0.05) is 36.4 Å². The summed E-state index contributed by atoms with van der Waals surface area (Å²) in [6.07, 6.45) is 6.11. The number of nitrogens with one attached hydrogen (secondary N) is 2. The number of aromatic nitrogens is 2. The molecule has 0 fully saturated rings. The van der Waals surface area contributed by atoms with Gasteiger partial charge in [0.1, 0.15) is 6.54 Å². The lowest BCUT2D eigenvalue weighted by Gasteiger charge is -2.24. The van der Waals surface area contributed by atoms with Gasteiger partial charge in [-0.05, 0) is 30.6 Å². The van der Waals surface area contributed by atoms with Crippen LogP contribution in [0.25, 0.3) is 0 Å². The van der Waals surface area contributed by atoms with Crippen LogP contribution in [-0.4, -0.2) is 47.0 Å². The third kappa shape index (κ3) is 5.50. The van der Waals surface area contributed by atoms with Crippen LogP contribution in [0.15, 0.2) is 64.9 Å². The Bertz CT molecular complexity index is 1010. The number of nitrogens with two attached hydrogens (primary N) is 1. The van der Waals surface area contributed by atoms with Crippen molar-refractivity contribution in [1.82, 2.24) is 19.8 Å². The van der Waals surface area contributed by atoms with Crippen molar-refractivity contribution in [3.05, 3.63) is 81.7 Å². The summed E-state index contributed by atoms with van der Waals surface area (Å²) in [5.41, 5.74) is 8.37. The van der Waals surface area contributed by atoms with Crippen LogP contribution in [0.2, 0.25) is 0 Å².